The van der Waals surface area contributed by atoms with Gasteiger partial charge in [0.25, 0.3) is 0 Å². The average Bonchev–Trinajstić information content (AvgIpc) is 3.19. The molecule has 1 aliphatic rings. The first-order valence-corrected chi connectivity index (χ1v) is 8.61. The van der Waals surface area contributed by atoms with Crippen LogP contribution in [0, 0.1) is 0 Å². The number of aryl methyl sites for hydroxylation is 2. The van der Waals surface area contributed by atoms with Crippen LogP contribution in [0.2, 0.25) is 0 Å². The minimum atomic E-state index is 0. The lowest BCUT2D eigenvalue weighted by atomic mass is 10.0. The Morgan fingerprint density at radius 2 is 2.22 bits per heavy atom. The summed E-state index contributed by atoms with van der Waals surface area (Å²) in [7, 11) is 1.78. The molecule has 0 radical (unpaired) electrons. The van der Waals surface area contributed by atoms with Crippen LogP contribution >= 0.6 is 35.3 Å². The van der Waals surface area contributed by atoms with Crippen LogP contribution < -0.4 is 10.6 Å². The van der Waals surface area contributed by atoms with Crippen molar-refractivity contribution in [1.82, 2.24) is 15.6 Å². The first kappa shape index (κ1) is 18.3. The summed E-state index contributed by atoms with van der Waals surface area (Å²) >= 11 is 1.88. The van der Waals surface area contributed by atoms with Gasteiger partial charge in [0.1, 0.15) is 5.76 Å². The summed E-state index contributed by atoms with van der Waals surface area (Å²) < 4.78 is 5.30. The van der Waals surface area contributed by atoms with E-state index in [9.17, 15) is 0 Å². The maximum Gasteiger partial charge on any atom is 0.191 e. The number of furan rings is 1. The molecule has 0 spiro atoms. The van der Waals surface area contributed by atoms with Gasteiger partial charge in [-0.1, -0.05) is 0 Å². The molecule has 0 saturated heterocycles. The van der Waals surface area contributed by atoms with E-state index in [0.29, 0.717) is 6.54 Å². The first-order valence-electron chi connectivity index (χ1n) is 7.79. The number of fused-ring (bicyclic) bond motifs is 1. The zero-order chi connectivity index (χ0) is 15.2. The quantitative estimate of drug-likeness (QED) is 0.421. The Balaban J connectivity index is 0.00000192. The van der Waals surface area contributed by atoms with E-state index in [1.165, 1.54) is 34.8 Å². The molecular formula is C16H23IN4OS. The molecule has 0 atom stereocenters. The number of aromatic nitrogens is 1. The second-order valence-electron chi connectivity index (χ2n) is 5.37. The molecule has 3 rings (SSSR count). The highest BCUT2D eigenvalue weighted by Crippen LogP contribution is 2.26. The van der Waals surface area contributed by atoms with Crippen molar-refractivity contribution in [3.63, 3.8) is 0 Å². The third kappa shape index (κ3) is 5.20. The molecule has 7 heteroatoms. The molecular weight excluding hydrogens is 423 g/mol. The van der Waals surface area contributed by atoms with E-state index in [-0.39, 0.29) is 24.0 Å². The van der Waals surface area contributed by atoms with Gasteiger partial charge in [-0.15, -0.1) is 35.3 Å². The predicted octanol–water partition coefficient (Wildman–Crippen LogP) is 3.14. The molecule has 0 aliphatic heterocycles. The van der Waals surface area contributed by atoms with E-state index < -0.39 is 0 Å². The third-order valence-electron chi connectivity index (χ3n) is 3.76. The maximum atomic E-state index is 5.30. The fraction of sp³-hybridized carbons (Fsp3) is 0.500. The van der Waals surface area contributed by atoms with Gasteiger partial charge in [-0.05, 0) is 37.8 Å². The number of hydrogen-bond donors (Lipinski definition) is 2. The lowest BCUT2D eigenvalue weighted by Crippen LogP contribution is -2.37. The number of halogens is 1. The minimum Gasteiger partial charge on any atom is -0.467 e. The molecule has 2 aromatic heterocycles. The van der Waals surface area contributed by atoms with Gasteiger partial charge < -0.3 is 15.1 Å². The first-order chi connectivity index (χ1) is 10.8. The monoisotopic (exact) mass is 446 g/mol. The molecule has 1 aliphatic carbocycles. The van der Waals surface area contributed by atoms with Crippen LogP contribution in [0.4, 0.5) is 0 Å². The lowest BCUT2D eigenvalue weighted by molar-refractivity contribution is 0.501. The summed E-state index contributed by atoms with van der Waals surface area (Å²) in [6.45, 7) is 1.47. The molecule has 126 valence electrons. The van der Waals surface area contributed by atoms with E-state index in [1.54, 1.807) is 13.3 Å². The lowest BCUT2D eigenvalue weighted by Gasteiger charge is -2.10. The summed E-state index contributed by atoms with van der Waals surface area (Å²) in [6.07, 6.45) is 7.60. The van der Waals surface area contributed by atoms with Gasteiger partial charge in [-0.25, -0.2) is 4.98 Å². The van der Waals surface area contributed by atoms with E-state index in [4.69, 9.17) is 9.40 Å². The van der Waals surface area contributed by atoms with E-state index in [0.717, 1.165) is 31.1 Å². The Kier molecular flexibility index (Phi) is 7.35. The van der Waals surface area contributed by atoms with Crippen LogP contribution in [0.25, 0.3) is 0 Å². The van der Waals surface area contributed by atoms with Gasteiger partial charge in [0.15, 0.2) is 5.96 Å². The summed E-state index contributed by atoms with van der Waals surface area (Å²) in [4.78, 5) is 10.5. The second-order valence-corrected chi connectivity index (χ2v) is 6.53. The molecule has 0 amide bonds. The number of nitrogens with one attached hydrogen (secondary N) is 2. The Morgan fingerprint density at radius 3 is 2.96 bits per heavy atom. The van der Waals surface area contributed by atoms with Gasteiger partial charge in [0, 0.05) is 24.9 Å². The van der Waals surface area contributed by atoms with Crippen molar-refractivity contribution in [3.8, 4) is 0 Å². The van der Waals surface area contributed by atoms with Crippen LogP contribution in [0.3, 0.4) is 0 Å². The van der Waals surface area contributed by atoms with Crippen molar-refractivity contribution < 1.29 is 4.42 Å². The summed E-state index contributed by atoms with van der Waals surface area (Å²) in [5.74, 6) is 1.69. The minimum absolute atomic E-state index is 0. The van der Waals surface area contributed by atoms with E-state index >= 15 is 0 Å². The fourth-order valence-electron chi connectivity index (χ4n) is 2.60. The summed E-state index contributed by atoms with van der Waals surface area (Å²) in [5.41, 5.74) is 1.34. The largest absolute Gasteiger partial charge is 0.467 e. The standard InChI is InChI=1S/C16H22N4OS.HI/c1-17-16(19-11-12-5-4-10-21-12)18-9-8-15-20-13-6-2-3-7-14(13)22-15;/h4-5,10H,2-3,6-9,11H2,1H3,(H2,17,18,19);1H. The zero-order valence-corrected chi connectivity index (χ0v) is 16.4. The van der Waals surface area contributed by atoms with Gasteiger partial charge in [-0.2, -0.15) is 0 Å². The van der Waals surface area contributed by atoms with Crippen molar-refractivity contribution in [1.29, 1.82) is 0 Å². The molecule has 0 aromatic carbocycles. The van der Waals surface area contributed by atoms with E-state index in [1.807, 2.05) is 23.5 Å². The molecule has 5 nitrogen and oxygen atoms in total. The molecule has 0 bridgehead atoms. The third-order valence-corrected chi connectivity index (χ3v) is 4.97. The fourth-order valence-corrected chi connectivity index (χ4v) is 3.76. The number of nitrogens with zero attached hydrogens (tertiary/aromatic N) is 2. The van der Waals surface area contributed by atoms with Crippen molar-refractivity contribution >= 4 is 41.3 Å². The van der Waals surface area contributed by atoms with Crippen molar-refractivity contribution in [2.45, 2.75) is 38.6 Å². The smallest absolute Gasteiger partial charge is 0.191 e. The summed E-state index contributed by atoms with van der Waals surface area (Å²) in [6, 6.07) is 3.83. The van der Waals surface area contributed by atoms with Crippen LogP contribution in [0.15, 0.2) is 27.8 Å². The van der Waals surface area contributed by atoms with Crippen molar-refractivity contribution in [2.75, 3.05) is 13.6 Å². The number of rotatable bonds is 5. The highest BCUT2D eigenvalue weighted by molar-refractivity contribution is 14.0. The van der Waals surface area contributed by atoms with Gasteiger partial charge >= 0.3 is 0 Å². The van der Waals surface area contributed by atoms with Crippen molar-refractivity contribution in [2.24, 2.45) is 4.99 Å². The maximum absolute atomic E-state index is 5.30. The molecule has 23 heavy (non-hydrogen) atoms. The average molecular weight is 446 g/mol. The highest BCUT2D eigenvalue weighted by atomic mass is 127. The Hall–Kier alpha value is -1.09. The van der Waals surface area contributed by atoms with Crippen molar-refractivity contribution in [3.05, 3.63) is 39.7 Å². The molecule has 2 heterocycles. The zero-order valence-electron chi connectivity index (χ0n) is 13.3. The van der Waals surface area contributed by atoms with E-state index in [2.05, 4.69) is 15.6 Å². The van der Waals surface area contributed by atoms with Crippen LogP contribution in [-0.4, -0.2) is 24.5 Å². The second kappa shape index (κ2) is 9.27. The highest BCUT2D eigenvalue weighted by Gasteiger charge is 2.14. The predicted molar refractivity (Wildman–Crippen MR) is 105 cm³/mol. The summed E-state index contributed by atoms with van der Waals surface area (Å²) in [5, 5.41) is 7.80. The molecule has 0 unspecified atom stereocenters. The topological polar surface area (TPSA) is 62.5 Å². The number of hydrogen-bond acceptors (Lipinski definition) is 4. The Morgan fingerprint density at radius 1 is 1.35 bits per heavy atom. The molecule has 2 aromatic rings. The Labute approximate surface area is 158 Å². The normalized spacial score (nSPS) is 14.0. The van der Waals surface area contributed by atoms with Crippen LogP contribution in [0.1, 0.15) is 34.2 Å². The molecule has 0 fully saturated rings. The van der Waals surface area contributed by atoms with Gasteiger partial charge in [0.05, 0.1) is 23.5 Å². The number of guanidine groups is 1. The van der Waals surface area contributed by atoms with Crippen LogP contribution in [-0.2, 0) is 25.8 Å². The number of thiazole rings is 1. The number of aliphatic imine (C=N–C) groups is 1. The molecule has 2 N–H and O–H groups in total. The van der Waals surface area contributed by atoms with Crippen LogP contribution in [0.5, 0.6) is 0 Å². The van der Waals surface area contributed by atoms with Gasteiger partial charge in [0.2, 0.25) is 0 Å². The Bertz CT molecular complexity index is 601. The van der Waals surface area contributed by atoms with Gasteiger partial charge in [-0.3, -0.25) is 4.99 Å². The SMILES string of the molecule is CN=C(NCCc1nc2c(s1)CCCC2)NCc1ccco1.I. The molecule has 0 saturated carbocycles.